The Morgan fingerprint density at radius 3 is 2.32 bits per heavy atom. The minimum atomic E-state index is -1.01. The van der Waals surface area contributed by atoms with E-state index in [2.05, 4.69) is 0 Å². The topological polar surface area (TPSA) is 74.6 Å². The second-order valence-electron chi connectivity index (χ2n) is 6.22. The standard InChI is InChI=1S/C18H18O4/c1-18(2,3)15-9-13(8-14(10-19)16(15)20)11-5-4-6-12(7-11)17(21)22/h4-10,20H,1-3H3,(H,21,22). The predicted octanol–water partition coefficient (Wildman–Crippen LogP) is 3.87. The first-order valence-corrected chi connectivity index (χ1v) is 6.90. The van der Waals surface area contributed by atoms with Crippen molar-refractivity contribution < 1.29 is 19.8 Å². The van der Waals surface area contributed by atoms with E-state index >= 15 is 0 Å². The number of hydrogen-bond acceptors (Lipinski definition) is 3. The molecule has 4 heteroatoms. The first kappa shape index (κ1) is 15.8. The SMILES string of the molecule is CC(C)(C)c1cc(-c2cccc(C(=O)O)c2)cc(C=O)c1O. The molecule has 0 spiro atoms. The van der Waals surface area contributed by atoms with E-state index in [1.807, 2.05) is 20.8 Å². The van der Waals surface area contributed by atoms with E-state index in [0.29, 0.717) is 23.0 Å². The van der Waals surface area contributed by atoms with Gasteiger partial charge in [0.05, 0.1) is 11.1 Å². The fraction of sp³-hybridized carbons (Fsp3) is 0.222. The molecule has 2 rings (SSSR count). The Bertz CT molecular complexity index is 739. The molecule has 0 aliphatic carbocycles. The number of phenolic OH excluding ortho intramolecular Hbond substituents is 1. The quantitative estimate of drug-likeness (QED) is 0.844. The van der Waals surface area contributed by atoms with E-state index in [1.54, 1.807) is 30.3 Å². The van der Waals surface area contributed by atoms with Gasteiger partial charge in [-0.1, -0.05) is 32.9 Å². The van der Waals surface area contributed by atoms with Crippen molar-refractivity contribution in [3.63, 3.8) is 0 Å². The van der Waals surface area contributed by atoms with Gasteiger partial charge in [0.2, 0.25) is 0 Å². The summed E-state index contributed by atoms with van der Waals surface area (Å²) in [5.74, 6) is -1.03. The zero-order valence-corrected chi connectivity index (χ0v) is 12.8. The van der Waals surface area contributed by atoms with Gasteiger partial charge in [-0.3, -0.25) is 4.79 Å². The van der Waals surface area contributed by atoms with Gasteiger partial charge in [0.25, 0.3) is 0 Å². The van der Waals surface area contributed by atoms with Gasteiger partial charge in [-0.15, -0.1) is 0 Å². The monoisotopic (exact) mass is 298 g/mol. The fourth-order valence-corrected chi connectivity index (χ4v) is 2.32. The maximum Gasteiger partial charge on any atom is 0.335 e. The molecule has 0 atom stereocenters. The van der Waals surface area contributed by atoms with Gasteiger partial charge in [-0.25, -0.2) is 4.79 Å². The summed E-state index contributed by atoms with van der Waals surface area (Å²) in [5.41, 5.74) is 2.07. The number of phenols is 1. The molecule has 0 aliphatic heterocycles. The molecule has 0 saturated carbocycles. The van der Waals surface area contributed by atoms with Crippen molar-refractivity contribution in [3.05, 3.63) is 53.1 Å². The van der Waals surface area contributed by atoms with Crippen LogP contribution in [0.2, 0.25) is 0 Å². The highest BCUT2D eigenvalue weighted by Crippen LogP contribution is 2.36. The van der Waals surface area contributed by atoms with Crippen molar-refractivity contribution in [2.24, 2.45) is 0 Å². The number of benzene rings is 2. The van der Waals surface area contributed by atoms with Gasteiger partial charge >= 0.3 is 5.97 Å². The van der Waals surface area contributed by atoms with Crippen molar-refractivity contribution in [2.75, 3.05) is 0 Å². The van der Waals surface area contributed by atoms with Crippen LogP contribution in [0.5, 0.6) is 5.75 Å². The van der Waals surface area contributed by atoms with Crippen LogP contribution in [0.1, 0.15) is 47.1 Å². The first-order chi connectivity index (χ1) is 10.2. The fourth-order valence-electron chi connectivity index (χ4n) is 2.32. The summed E-state index contributed by atoms with van der Waals surface area (Å²) in [5, 5.41) is 19.3. The van der Waals surface area contributed by atoms with Crippen LogP contribution in [0.25, 0.3) is 11.1 Å². The molecule has 0 bridgehead atoms. The third-order valence-electron chi connectivity index (χ3n) is 3.52. The van der Waals surface area contributed by atoms with Gasteiger partial charge in [0.1, 0.15) is 5.75 Å². The van der Waals surface area contributed by atoms with Gasteiger partial charge < -0.3 is 10.2 Å². The molecule has 4 nitrogen and oxygen atoms in total. The molecule has 114 valence electrons. The maximum atomic E-state index is 11.2. The van der Waals surface area contributed by atoms with E-state index in [0.717, 1.165) is 0 Å². The summed E-state index contributed by atoms with van der Waals surface area (Å²) < 4.78 is 0. The molecule has 2 N–H and O–H groups in total. The number of aromatic carboxylic acids is 1. The third-order valence-corrected chi connectivity index (χ3v) is 3.52. The van der Waals surface area contributed by atoms with Crippen LogP contribution >= 0.6 is 0 Å². The molecule has 2 aromatic rings. The van der Waals surface area contributed by atoms with Gasteiger partial charge in [-0.2, -0.15) is 0 Å². The molecule has 22 heavy (non-hydrogen) atoms. The number of carboxylic acids is 1. The molecule has 0 aliphatic rings. The van der Waals surface area contributed by atoms with Gasteiger partial charge in [-0.05, 0) is 40.8 Å². The Hall–Kier alpha value is -2.62. The van der Waals surface area contributed by atoms with Crippen molar-refractivity contribution in [1.29, 1.82) is 0 Å². The lowest BCUT2D eigenvalue weighted by Gasteiger charge is -2.22. The van der Waals surface area contributed by atoms with Crippen molar-refractivity contribution in [1.82, 2.24) is 0 Å². The minimum absolute atomic E-state index is 0.0272. The van der Waals surface area contributed by atoms with Crippen LogP contribution in [-0.4, -0.2) is 22.5 Å². The first-order valence-electron chi connectivity index (χ1n) is 6.90. The second kappa shape index (κ2) is 5.64. The number of carbonyl (C=O) groups is 2. The number of rotatable bonds is 3. The number of carbonyl (C=O) groups excluding carboxylic acids is 1. The zero-order chi connectivity index (χ0) is 16.5. The normalized spacial score (nSPS) is 11.2. The minimum Gasteiger partial charge on any atom is -0.507 e. The Labute approximate surface area is 129 Å². The molecular weight excluding hydrogens is 280 g/mol. The smallest absolute Gasteiger partial charge is 0.335 e. The van der Waals surface area contributed by atoms with Crippen LogP contribution in [0.3, 0.4) is 0 Å². The number of aromatic hydroxyl groups is 1. The predicted molar refractivity (Wildman–Crippen MR) is 84.6 cm³/mol. The van der Waals surface area contributed by atoms with Gasteiger partial charge in [0.15, 0.2) is 6.29 Å². The number of carboxylic acid groups (broad SMARTS) is 1. The summed E-state index contributed by atoms with van der Waals surface area (Å²) in [7, 11) is 0. The highest BCUT2D eigenvalue weighted by Gasteiger charge is 2.21. The highest BCUT2D eigenvalue weighted by molar-refractivity contribution is 5.90. The molecule has 0 saturated heterocycles. The lowest BCUT2D eigenvalue weighted by Crippen LogP contribution is -2.12. The average molecular weight is 298 g/mol. The summed E-state index contributed by atoms with van der Waals surface area (Å²) in [6, 6.07) is 9.86. The molecule has 0 unspecified atom stereocenters. The molecule has 2 aromatic carbocycles. The number of aldehydes is 1. The summed E-state index contributed by atoms with van der Waals surface area (Å²) in [4.78, 5) is 22.3. The lowest BCUT2D eigenvalue weighted by atomic mass is 9.83. The molecule has 0 heterocycles. The Kier molecular flexibility index (Phi) is 4.04. The summed E-state index contributed by atoms with van der Waals surface area (Å²) in [6.07, 6.45) is 0.606. The Balaban J connectivity index is 2.68. The van der Waals surface area contributed by atoms with Crippen LogP contribution < -0.4 is 0 Å². The molecule has 0 radical (unpaired) electrons. The van der Waals surface area contributed by atoms with Crippen LogP contribution in [0.4, 0.5) is 0 Å². The van der Waals surface area contributed by atoms with Crippen molar-refractivity contribution in [3.8, 4) is 16.9 Å². The Morgan fingerprint density at radius 1 is 1.09 bits per heavy atom. The zero-order valence-electron chi connectivity index (χ0n) is 12.8. The van der Waals surface area contributed by atoms with Crippen LogP contribution in [0.15, 0.2) is 36.4 Å². The Morgan fingerprint density at radius 2 is 1.77 bits per heavy atom. The second-order valence-corrected chi connectivity index (χ2v) is 6.22. The maximum absolute atomic E-state index is 11.2. The van der Waals surface area contributed by atoms with E-state index in [1.165, 1.54) is 6.07 Å². The molecule has 0 aromatic heterocycles. The highest BCUT2D eigenvalue weighted by atomic mass is 16.4. The third kappa shape index (κ3) is 3.01. The van der Waals surface area contributed by atoms with Crippen molar-refractivity contribution >= 4 is 12.3 Å². The summed E-state index contributed by atoms with van der Waals surface area (Å²) in [6.45, 7) is 5.82. The molecular formula is C18H18O4. The van der Waals surface area contributed by atoms with Crippen LogP contribution in [-0.2, 0) is 5.41 Å². The van der Waals surface area contributed by atoms with E-state index in [4.69, 9.17) is 5.11 Å². The van der Waals surface area contributed by atoms with Gasteiger partial charge in [0, 0.05) is 5.56 Å². The molecule has 0 amide bonds. The molecule has 0 fully saturated rings. The van der Waals surface area contributed by atoms with E-state index < -0.39 is 5.97 Å². The number of hydrogen-bond donors (Lipinski definition) is 2. The van der Waals surface area contributed by atoms with E-state index in [9.17, 15) is 14.7 Å². The average Bonchev–Trinajstić information content (AvgIpc) is 2.46. The largest absolute Gasteiger partial charge is 0.507 e. The van der Waals surface area contributed by atoms with Crippen molar-refractivity contribution in [2.45, 2.75) is 26.2 Å². The van der Waals surface area contributed by atoms with Crippen LogP contribution in [0, 0.1) is 0 Å². The lowest BCUT2D eigenvalue weighted by molar-refractivity contribution is 0.0696. The van der Waals surface area contributed by atoms with E-state index in [-0.39, 0.29) is 22.3 Å². The summed E-state index contributed by atoms with van der Waals surface area (Å²) >= 11 is 0.